The predicted molar refractivity (Wildman–Crippen MR) is 112 cm³/mol. The number of nitrogens with zero attached hydrogens (tertiary/aromatic N) is 2. The fourth-order valence-corrected chi connectivity index (χ4v) is 3.60. The zero-order chi connectivity index (χ0) is 15.6. The van der Waals surface area contributed by atoms with Crippen molar-refractivity contribution in [1.29, 1.82) is 0 Å². The van der Waals surface area contributed by atoms with Gasteiger partial charge in [0.05, 0.1) is 0 Å². The molecule has 1 aromatic carbocycles. The number of rotatable bonds is 7. The van der Waals surface area contributed by atoms with Gasteiger partial charge in [-0.25, -0.2) is 4.98 Å². The lowest BCUT2D eigenvalue weighted by atomic mass is 10.1. The number of hydrogen-bond acceptors (Lipinski definition) is 4. The van der Waals surface area contributed by atoms with Crippen LogP contribution >= 0.6 is 47.1 Å². The van der Waals surface area contributed by atoms with Crippen molar-refractivity contribution in [3.8, 4) is 0 Å². The molecule has 1 aromatic heterocycles. The average Bonchev–Trinajstić information content (AvgIpc) is 3.03. The van der Waals surface area contributed by atoms with Crippen molar-refractivity contribution in [2.24, 2.45) is 4.99 Å². The SMILES string of the molecule is CN=C(NCCCSc1nccs1)NCc1cccc(C)c1.I. The first-order valence-corrected chi connectivity index (χ1v) is 9.17. The number of halogens is 1. The molecule has 0 fully saturated rings. The number of hydrogen-bond donors (Lipinski definition) is 2. The second kappa shape index (κ2) is 11.7. The van der Waals surface area contributed by atoms with Crippen LogP contribution in [0.5, 0.6) is 0 Å². The lowest BCUT2D eigenvalue weighted by Crippen LogP contribution is -2.37. The Morgan fingerprint density at radius 3 is 2.91 bits per heavy atom. The molecule has 0 saturated heterocycles. The van der Waals surface area contributed by atoms with E-state index in [2.05, 4.69) is 51.8 Å². The Balaban J connectivity index is 0.00000264. The Morgan fingerprint density at radius 1 is 1.35 bits per heavy atom. The van der Waals surface area contributed by atoms with Gasteiger partial charge >= 0.3 is 0 Å². The summed E-state index contributed by atoms with van der Waals surface area (Å²) >= 11 is 3.50. The summed E-state index contributed by atoms with van der Waals surface area (Å²) < 4.78 is 1.14. The maximum atomic E-state index is 4.26. The lowest BCUT2D eigenvalue weighted by molar-refractivity contribution is 0.785. The van der Waals surface area contributed by atoms with Gasteiger partial charge in [-0.05, 0) is 18.9 Å². The van der Waals surface area contributed by atoms with Crippen LogP contribution in [0.3, 0.4) is 0 Å². The standard InChI is InChI=1S/C16H22N4S2.HI/c1-13-5-3-6-14(11-13)12-20-15(17-2)18-7-4-9-21-16-19-8-10-22-16;/h3,5-6,8,10-11H,4,7,9,12H2,1-2H3,(H2,17,18,20);1H. The zero-order valence-electron chi connectivity index (χ0n) is 13.4. The molecular formula is C16H23IN4S2. The van der Waals surface area contributed by atoms with Gasteiger partial charge < -0.3 is 10.6 Å². The molecule has 2 rings (SSSR count). The van der Waals surface area contributed by atoms with Crippen molar-refractivity contribution >= 4 is 53.0 Å². The Hall–Kier alpha value is -0.800. The zero-order valence-corrected chi connectivity index (χ0v) is 17.4. The molecule has 2 N–H and O–H groups in total. The normalized spacial score (nSPS) is 11.0. The summed E-state index contributed by atoms with van der Waals surface area (Å²) in [6.45, 7) is 3.80. The van der Waals surface area contributed by atoms with Crippen LogP contribution in [-0.2, 0) is 6.54 Å². The second-order valence-corrected chi connectivity index (χ2v) is 7.08. The molecule has 2 aromatic rings. The Bertz CT molecular complexity index is 588. The Kier molecular flexibility index (Phi) is 10.3. The van der Waals surface area contributed by atoms with Crippen molar-refractivity contribution < 1.29 is 0 Å². The van der Waals surface area contributed by atoms with Crippen molar-refractivity contribution in [2.45, 2.75) is 24.2 Å². The van der Waals surface area contributed by atoms with Crippen LogP contribution in [0.1, 0.15) is 17.5 Å². The van der Waals surface area contributed by atoms with Crippen LogP contribution < -0.4 is 10.6 Å². The number of guanidine groups is 1. The number of aryl methyl sites for hydroxylation is 1. The molecule has 0 spiro atoms. The average molecular weight is 462 g/mol. The van der Waals surface area contributed by atoms with E-state index in [1.54, 1.807) is 30.1 Å². The minimum atomic E-state index is 0. The highest BCUT2D eigenvalue weighted by Gasteiger charge is 1.99. The molecule has 0 bridgehead atoms. The Morgan fingerprint density at radius 2 is 2.22 bits per heavy atom. The van der Waals surface area contributed by atoms with Gasteiger partial charge in [0, 0.05) is 37.5 Å². The number of nitrogens with one attached hydrogen (secondary N) is 2. The molecular weight excluding hydrogens is 439 g/mol. The largest absolute Gasteiger partial charge is 0.356 e. The highest BCUT2D eigenvalue weighted by molar-refractivity contribution is 14.0. The molecule has 0 saturated carbocycles. The lowest BCUT2D eigenvalue weighted by Gasteiger charge is -2.12. The highest BCUT2D eigenvalue weighted by atomic mass is 127. The molecule has 4 nitrogen and oxygen atoms in total. The van der Waals surface area contributed by atoms with E-state index in [0.717, 1.165) is 35.6 Å². The van der Waals surface area contributed by atoms with Crippen LogP contribution in [0, 0.1) is 6.92 Å². The minimum Gasteiger partial charge on any atom is -0.356 e. The quantitative estimate of drug-likeness (QED) is 0.215. The van der Waals surface area contributed by atoms with E-state index in [0.29, 0.717) is 0 Å². The van der Waals surface area contributed by atoms with Crippen molar-refractivity contribution in [2.75, 3.05) is 19.3 Å². The summed E-state index contributed by atoms with van der Waals surface area (Å²) in [5.41, 5.74) is 2.55. The summed E-state index contributed by atoms with van der Waals surface area (Å²) in [7, 11) is 1.80. The van der Waals surface area contributed by atoms with E-state index in [-0.39, 0.29) is 24.0 Å². The van der Waals surface area contributed by atoms with Crippen LogP contribution in [-0.4, -0.2) is 30.3 Å². The summed E-state index contributed by atoms with van der Waals surface area (Å²) in [4.78, 5) is 8.51. The monoisotopic (exact) mass is 462 g/mol. The molecule has 126 valence electrons. The molecule has 0 amide bonds. The van der Waals surface area contributed by atoms with E-state index in [4.69, 9.17) is 0 Å². The van der Waals surface area contributed by atoms with Gasteiger partial charge in [0.15, 0.2) is 5.96 Å². The summed E-state index contributed by atoms with van der Waals surface area (Å²) in [6, 6.07) is 8.50. The van der Waals surface area contributed by atoms with E-state index < -0.39 is 0 Å². The topological polar surface area (TPSA) is 49.3 Å². The van der Waals surface area contributed by atoms with Gasteiger partial charge in [0.2, 0.25) is 0 Å². The van der Waals surface area contributed by atoms with Gasteiger partial charge in [0.1, 0.15) is 4.34 Å². The molecule has 0 aliphatic carbocycles. The van der Waals surface area contributed by atoms with Gasteiger partial charge in [-0.3, -0.25) is 4.99 Å². The third-order valence-electron chi connectivity index (χ3n) is 3.01. The third-order valence-corrected chi connectivity index (χ3v) is 5.07. The first-order chi connectivity index (χ1) is 10.8. The van der Waals surface area contributed by atoms with Gasteiger partial charge in [-0.1, -0.05) is 41.6 Å². The first kappa shape index (κ1) is 20.2. The maximum absolute atomic E-state index is 4.26. The summed E-state index contributed by atoms with van der Waals surface area (Å²) in [5.74, 6) is 1.91. The van der Waals surface area contributed by atoms with E-state index in [1.165, 1.54) is 11.1 Å². The number of aromatic nitrogens is 1. The molecule has 0 unspecified atom stereocenters. The predicted octanol–water partition coefficient (Wildman–Crippen LogP) is 3.92. The summed E-state index contributed by atoms with van der Waals surface area (Å²) in [6.07, 6.45) is 2.93. The molecule has 0 radical (unpaired) electrons. The Labute approximate surface area is 163 Å². The molecule has 7 heteroatoms. The van der Waals surface area contributed by atoms with Crippen molar-refractivity contribution in [3.63, 3.8) is 0 Å². The van der Waals surface area contributed by atoms with E-state index in [1.807, 2.05) is 11.6 Å². The van der Waals surface area contributed by atoms with E-state index >= 15 is 0 Å². The molecule has 23 heavy (non-hydrogen) atoms. The summed E-state index contributed by atoms with van der Waals surface area (Å²) in [5, 5.41) is 8.69. The highest BCUT2D eigenvalue weighted by Crippen LogP contribution is 2.20. The number of aliphatic imine (C=N–C) groups is 1. The van der Waals surface area contributed by atoms with Gasteiger partial charge in [-0.2, -0.15) is 0 Å². The molecule has 0 aliphatic heterocycles. The van der Waals surface area contributed by atoms with Crippen LogP contribution in [0.25, 0.3) is 0 Å². The van der Waals surface area contributed by atoms with Crippen LogP contribution in [0.4, 0.5) is 0 Å². The fraction of sp³-hybridized carbons (Fsp3) is 0.375. The van der Waals surface area contributed by atoms with E-state index in [9.17, 15) is 0 Å². The van der Waals surface area contributed by atoms with Crippen LogP contribution in [0.15, 0.2) is 45.2 Å². The number of thioether (sulfide) groups is 1. The fourth-order valence-electron chi connectivity index (χ4n) is 1.95. The maximum Gasteiger partial charge on any atom is 0.191 e. The minimum absolute atomic E-state index is 0. The van der Waals surface area contributed by atoms with Crippen molar-refractivity contribution in [3.05, 3.63) is 47.0 Å². The second-order valence-electron chi connectivity index (χ2n) is 4.84. The number of thiazole rings is 1. The van der Waals surface area contributed by atoms with Crippen molar-refractivity contribution in [1.82, 2.24) is 15.6 Å². The molecule has 0 aliphatic rings. The first-order valence-electron chi connectivity index (χ1n) is 7.30. The van der Waals surface area contributed by atoms with Gasteiger partial charge in [-0.15, -0.1) is 35.3 Å². The van der Waals surface area contributed by atoms with Crippen LogP contribution in [0.2, 0.25) is 0 Å². The van der Waals surface area contributed by atoms with Gasteiger partial charge in [0.25, 0.3) is 0 Å². The molecule has 0 atom stereocenters. The third kappa shape index (κ3) is 8.03. The molecule has 1 heterocycles. The smallest absolute Gasteiger partial charge is 0.191 e. The number of benzene rings is 1.